The highest BCUT2D eigenvalue weighted by atomic mass is 127. The van der Waals surface area contributed by atoms with Gasteiger partial charge in [-0.25, -0.2) is 0 Å². The minimum atomic E-state index is 0. The van der Waals surface area contributed by atoms with E-state index in [0.717, 1.165) is 19.5 Å². The van der Waals surface area contributed by atoms with Crippen molar-refractivity contribution >= 4 is 29.9 Å². The van der Waals surface area contributed by atoms with E-state index in [2.05, 4.69) is 15.0 Å². The van der Waals surface area contributed by atoms with E-state index in [1.165, 1.54) is 12.8 Å². The molecule has 0 unspecified atom stereocenters. The van der Waals surface area contributed by atoms with Crippen LogP contribution in [0.1, 0.15) is 19.3 Å². The molecule has 0 saturated heterocycles. The number of aromatic nitrogens is 2. The van der Waals surface area contributed by atoms with Gasteiger partial charge in [0.15, 0.2) is 5.96 Å². The second kappa shape index (κ2) is 6.83. The Morgan fingerprint density at radius 1 is 1.59 bits per heavy atom. The van der Waals surface area contributed by atoms with Crippen LogP contribution < -0.4 is 5.73 Å². The molecule has 96 valence electrons. The van der Waals surface area contributed by atoms with Crippen molar-refractivity contribution in [1.29, 1.82) is 0 Å². The predicted octanol–water partition coefficient (Wildman–Crippen LogP) is 1.30. The van der Waals surface area contributed by atoms with Crippen LogP contribution in [0.3, 0.4) is 0 Å². The minimum absolute atomic E-state index is 0. The molecule has 0 aliphatic heterocycles. The van der Waals surface area contributed by atoms with Crippen molar-refractivity contribution in [1.82, 2.24) is 14.7 Å². The minimum Gasteiger partial charge on any atom is -0.370 e. The van der Waals surface area contributed by atoms with Gasteiger partial charge in [-0.05, 0) is 25.3 Å². The SMILES string of the molecule is CN(C(N)=NCCCn1cccn1)C1CC1.I. The molecule has 0 atom stereocenters. The number of hydrogen-bond donors (Lipinski definition) is 1. The summed E-state index contributed by atoms with van der Waals surface area (Å²) in [7, 11) is 2.02. The van der Waals surface area contributed by atoms with Crippen LogP contribution in [0, 0.1) is 0 Å². The lowest BCUT2D eigenvalue weighted by Crippen LogP contribution is -2.35. The summed E-state index contributed by atoms with van der Waals surface area (Å²) < 4.78 is 1.91. The van der Waals surface area contributed by atoms with Gasteiger partial charge in [-0.1, -0.05) is 0 Å². The zero-order valence-corrected chi connectivity index (χ0v) is 12.4. The maximum absolute atomic E-state index is 5.87. The lowest BCUT2D eigenvalue weighted by molar-refractivity contribution is 0.485. The Labute approximate surface area is 119 Å². The molecular formula is C11H20IN5. The van der Waals surface area contributed by atoms with E-state index in [0.29, 0.717) is 12.0 Å². The van der Waals surface area contributed by atoms with E-state index >= 15 is 0 Å². The number of aryl methyl sites for hydroxylation is 1. The zero-order chi connectivity index (χ0) is 11.4. The summed E-state index contributed by atoms with van der Waals surface area (Å²) in [5.74, 6) is 0.669. The largest absolute Gasteiger partial charge is 0.370 e. The van der Waals surface area contributed by atoms with Gasteiger partial charge in [-0.3, -0.25) is 9.67 Å². The number of halogens is 1. The Hall–Kier alpha value is -0.790. The molecule has 0 aromatic carbocycles. The summed E-state index contributed by atoms with van der Waals surface area (Å²) in [6, 6.07) is 2.56. The fourth-order valence-corrected chi connectivity index (χ4v) is 1.62. The molecule has 1 fully saturated rings. The van der Waals surface area contributed by atoms with Crippen LogP contribution in [0.5, 0.6) is 0 Å². The molecule has 0 radical (unpaired) electrons. The van der Waals surface area contributed by atoms with Crippen molar-refractivity contribution in [2.24, 2.45) is 10.7 Å². The monoisotopic (exact) mass is 349 g/mol. The van der Waals surface area contributed by atoms with Crippen LogP contribution in [-0.4, -0.2) is 40.3 Å². The molecule has 0 amide bonds. The highest BCUT2D eigenvalue weighted by Crippen LogP contribution is 2.24. The van der Waals surface area contributed by atoms with E-state index in [-0.39, 0.29) is 24.0 Å². The van der Waals surface area contributed by atoms with E-state index < -0.39 is 0 Å². The van der Waals surface area contributed by atoms with Crippen molar-refractivity contribution in [3.8, 4) is 0 Å². The van der Waals surface area contributed by atoms with Crippen LogP contribution in [0.2, 0.25) is 0 Å². The smallest absolute Gasteiger partial charge is 0.191 e. The summed E-state index contributed by atoms with van der Waals surface area (Å²) >= 11 is 0. The van der Waals surface area contributed by atoms with Gasteiger partial charge >= 0.3 is 0 Å². The van der Waals surface area contributed by atoms with Gasteiger partial charge in [0.25, 0.3) is 0 Å². The predicted molar refractivity (Wildman–Crippen MR) is 79.5 cm³/mol. The number of hydrogen-bond acceptors (Lipinski definition) is 2. The Kier molecular flexibility index (Phi) is 5.73. The third kappa shape index (κ3) is 4.53. The molecule has 2 rings (SSSR count). The van der Waals surface area contributed by atoms with Gasteiger partial charge in [0, 0.05) is 38.6 Å². The van der Waals surface area contributed by atoms with Gasteiger partial charge in [0.05, 0.1) is 0 Å². The maximum atomic E-state index is 5.87. The molecule has 1 aromatic heterocycles. The molecular weight excluding hydrogens is 329 g/mol. The molecule has 1 aliphatic carbocycles. The number of nitrogens with zero attached hydrogens (tertiary/aromatic N) is 4. The first kappa shape index (κ1) is 14.3. The van der Waals surface area contributed by atoms with E-state index in [9.17, 15) is 0 Å². The van der Waals surface area contributed by atoms with Crippen LogP contribution >= 0.6 is 24.0 Å². The summed E-state index contributed by atoms with van der Waals surface area (Å²) in [5.41, 5.74) is 5.87. The molecule has 1 heterocycles. The number of rotatable bonds is 5. The Morgan fingerprint density at radius 3 is 2.94 bits per heavy atom. The molecule has 1 aromatic rings. The lowest BCUT2D eigenvalue weighted by atomic mass is 10.4. The van der Waals surface area contributed by atoms with Crippen LogP contribution in [0.25, 0.3) is 0 Å². The first-order valence-corrected chi connectivity index (χ1v) is 5.77. The van der Waals surface area contributed by atoms with Crippen LogP contribution in [0.15, 0.2) is 23.5 Å². The highest BCUT2D eigenvalue weighted by molar-refractivity contribution is 14.0. The zero-order valence-electron chi connectivity index (χ0n) is 10.1. The molecule has 6 heteroatoms. The van der Waals surface area contributed by atoms with Crippen molar-refractivity contribution in [3.05, 3.63) is 18.5 Å². The average molecular weight is 349 g/mol. The highest BCUT2D eigenvalue weighted by Gasteiger charge is 2.27. The molecule has 1 aliphatic rings. The lowest BCUT2D eigenvalue weighted by Gasteiger charge is -2.16. The number of aliphatic imine (C=N–C) groups is 1. The van der Waals surface area contributed by atoms with Gasteiger partial charge in [0.1, 0.15) is 0 Å². The van der Waals surface area contributed by atoms with Crippen LogP contribution in [0.4, 0.5) is 0 Å². The van der Waals surface area contributed by atoms with Crippen molar-refractivity contribution in [2.75, 3.05) is 13.6 Å². The molecule has 0 bridgehead atoms. The standard InChI is InChI=1S/C11H19N5.HI/c1-15(10-4-5-10)11(12)13-6-2-8-16-9-3-7-14-16;/h3,7,9-10H,2,4-6,8H2,1H3,(H2,12,13);1H. The average Bonchev–Trinajstić information content (AvgIpc) is 3.01. The molecule has 2 N–H and O–H groups in total. The maximum Gasteiger partial charge on any atom is 0.191 e. The summed E-state index contributed by atoms with van der Waals surface area (Å²) in [4.78, 5) is 6.44. The van der Waals surface area contributed by atoms with Crippen molar-refractivity contribution in [3.63, 3.8) is 0 Å². The van der Waals surface area contributed by atoms with E-state index in [1.54, 1.807) is 6.20 Å². The summed E-state index contributed by atoms with van der Waals surface area (Å²) in [6.07, 6.45) is 7.22. The van der Waals surface area contributed by atoms with E-state index in [1.807, 2.05) is 24.0 Å². The quantitative estimate of drug-likeness (QED) is 0.377. The fourth-order valence-electron chi connectivity index (χ4n) is 1.62. The third-order valence-electron chi connectivity index (χ3n) is 2.83. The Bertz CT molecular complexity index is 345. The van der Waals surface area contributed by atoms with Gasteiger partial charge in [-0.2, -0.15) is 5.10 Å². The second-order valence-corrected chi connectivity index (χ2v) is 4.20. The Balaban J connectivity index is 0.00000144. The second-order valence-electron chi connectivity index (χ2n) is 4.20. The normalized spacial score (nSPS) is 15.5. The summed E-state index contributed by atoms with van der Waals surface area (Å²) in [6.45, 7) is 1.67. The molecule has 1 saturated carbocycles. The molecule has 0 spiro atoms. The summed E-state index contributed by atoms with van der Waals surface area (Å²) in [5, 5.41) is 4.13. The Morgan fingerprint density at radius 2 is 2.35 bits per heavy atom. The first-order valence-electron chi connectivity index (χ1n) is 5.77. The van der Waals surface area contributed by atoms with Gasteiger partial charge in [0.2, 0.25) is 0 Å². The first-order chi connectivity index (χ1) is 7.77. The van der Waals surface area contributed by atoms with Crippen LogP contribution in [-0.2, 0) is 6.54 Å². The van der Waals surface area contributed by atoms with Crippen molar-refractivity contribution < 1.29 is 0 Å². The molecule has 5 nitrogen and oxygen atoms in total. The number of guanidine groups is 1. The van der Waals surface area contributed by atoms with Gasteiger partial charge in [-0.15, -0.1) is 24.0 Å². The van der Waals surface area contributed by atoms with E-state index in [4.69, 9.17) is 5.73 Å². The third-order valence-corrected chi connectivity index (χ3v) is 2.83. The fraction of sp³-hybridized carbons (Fsp3) is 0.636. The number of nitrogens with two attached hydrogens (primary N) is 1. The van der Waals surface area contributed by atoms with Gasteiger partial charge < -0.3 is 10.6 Å². The topological polar surface area (TPSA) is 59.4 Å². The van der Waals surface area contributed by atoms with Crippen molar-refractivity contribution in [2.45, 2.75) is 31.8 Å². The molecule has 17 heavy (non-hydrogen) atoms.